The molecule has 3 heterocycles. The summed E-state index contributed by atoms with van der Waals surface area (Å²) >= 11 is 0. The van der Waals surface area contributed by atoms with Gasteiger partial charge in [-0.05, 0) is 68.0 Å². The van der Waals surface area contributed by atoms with Gasteiger partial charge in [0, 0.05) is 55.8 Å². The molecule has 8 heteroatoms. The van der Waals surface area contributed by atoms with Crippen LogP contribution in [0.15, 0.2) is 66.5 Å². The number of methoxy groups -OCH3 is 3. The van der Waals surface area contributed by atoms with Gasteiger partial charge in [-0.15, -0.1) is 0 Å². The molecule has 0 radical (unpaired) electrons. The number of para-hydroxylation sites is 1. The van der Waals surface area contributed by atoms with Gasteiger partial charge in [-0.1, -0.05) is 12.1 Å². The number of carbonyl (C=O) groups excluding carboxylic acids is 2. The zero-order valence-electron chi connectivity index (χ0n) is 23.7. The first kappa shape index (κ1) is 27.4. The van der Waals surface area contributed by atoms with Crippen LogP contribution in [0.25, 0.3) is 11.8 Å². The number of piperidine rings is 1. The van der Waals surface area contributed by atoms with Crippen LogP contribution in [0, 0.1) is 5.41 Å². The molecule has 2 aliphatic rings. The fourth-order valence-electron chi connectivity index (χ4n) is 5.96. The van der Waals surface area contributed by atoms with Gasteiger partial charge in [0.15, 0.2) is 11.5 Å². The van der Waals surface area contributed by atoms with Gasteiger partial charge in [-0.3, -0.25) is 9.59 Å². The number of benzene rings is 2. The van der Waals surface area contributed by atoms with Gasteiger partial charge in [0.1, 0.15) is 5.75 Å². The van der Waals surface area contributed by atoms with Gasteiger partial charge < -0.3 is 28.6 Å². The van der Waals surface area contributed by atoms with Crippen molar-refractivity contribution in [1.29, 1.82) is 0 Å². The largest absolute Gasteiger partial charge is 0.496 e. The van der Waals surface area contributed by atoms with E-state index in [1.54, 1.807) is 27.4 Å². The molecule has 2 saturated heterocycles. The van der Waals surface area contributed by atoms with E-state index in [0.717, 1.165) is 37.1 Å². The van der Waals surface area contributed by atoms with E-state index in [4.69, 9.17) is 14.2 Å². The van der Waals surface area contributed by atoms with Crippen LogP contribution in [0.1, 0.15) is 42.1 Å². The first-order chi connectivity index (χ1) is 19.4. The monoisotopic (exact) mass is 543 g/mol. The summed E-state index contributed by atoms with van der Waals surface area (Å²) in [6.45, 7) is 4.66. The Bertz CT molecular complexity index is 1400. The highest BCUT2D eigenvalue weighted by Crippen LogP contribution is 2.41. The lowest BCUT2D eigenvalue weighted by Crippen LogP contribution is -2.45. The summed E-state index contributed by atoms with van der Waals surface area (Å²) in [6, 6.07) is 15.3. The highest BCUT2D eigenvalue weighted by atomic mass is 16.5. The van der Waals surface area contributed by atoms with Gasteiger partial charge >= 0.3 is 0 Å². The Balaban J connectivity index is 1.24. The lowest BCUT2D eigenvalue weighted by molar-refractivity contribution is -0.126. The fraction of sp³-hybridized carbons (Fsp3) is 0.375. The Morgan fingerprint density at radius 3 is 2.05 bits per heavy atom. The molecular formula is C32H37N3O5. The van der Waals surface area contributed by atoms with Crippen LogP contribution in [-0.2, 0) is 4.79 Å². The first-order valence-corrected chi connectivity index (χ1v) is 13.7. The third kappa shape index (κ3) is 5.30. The molecule has 2 aromatic carbocycles. The molecule has 3 aromatic rings. The highest BCUT2D eigenvalue weighted by Gasteiger charge is 2.43. The number of amides is 2. The molecule has 0 N–H and O–H groups in total. The van der Waals surface area contributed by atoms with Crippen LogP contribution in [0.3, 0.4) is 0 Å². The molecule has 0 atom stereocenters. The van der Waals surface area contributed by atoms with Gasteiger partial charge in [-0.25, -0.2) is 0 Å². The van der Waals surface area contributed by atoms with Gasteiger partial charge in [-0.2, -0.15) is 0 Å². The van der Waals surface area contributed by atoms with Gasteiger partial charge in [0.05, 0.1) is 32.6 Å². The number of likely N-dealkylation sites (tertiary alicyclic amines) is 2. The Labute approximate surface area is 235 Å². The fourth-order valence-corrected chi connectivity index (χ4v) is 5.96. The number of aromatic nitrogens is 1. The van der Waals surface area contributed by atoms with E-state index in [1.807, 2.05) is 82.2 Å². The molecule has 0 bridgehead atoms. The van der Waals surface area contributed by atoms with Crippen molar-refractivity contribution in [3.05, 3.63) is 77.6 Å². The number of hydrogen-bond donors (Lipinski definition) is 0. The van der Waals surface area contributed by atoms with E-state index in [2.05, 4.69) is 0 Å². The third-order valence-corrected chi connectivity index (χ3v) is 8.30. The van der Waals surface area contributed by atoms with E-state index < -0.39 is 0 Å². The maximum Gasteiger partial charge on any atom is 0.255 e. The lowest BCUT2D eigenvalue weighted by Gasteiger charge is -2.39. The van der Waals surface area contributed by atoms with E-state index in [-0.39, 0.29) is 17.2 Å². The molecule has 2 amide bonds. The second-order valence-corrected chi connectivity index (χ2v) is 10.7. The number of rotatable bonds is 7. The van der Waals surface area contributed by atoms with Crippen molar-refractivity contribution in [3.8, 4) is 22.9 Å². The Hall–Kier alpha value is -4.20. The number of ether oxygens (including phenoxy) is 3. The summed E-state index contributed by atoms with van der Waals surface area (Å²) in [7, 11) is 4.75. The molecule has 1 aromatic heterocycles. The summed E-state index contributed by atoms with van der Waals surface area (Å²) in [4.78, 5) is 30.9. The Morgan fingerprint density at radius 2 is 1.40 bits per heavy atom. The molecule has 210 valence electrons. The van der Waals surface area contributed by atoms with Gasteiger partial charge in [0.25, 0.3) is 5.91 Å². The van der Waals surface area contributed by atoms with Crippen molar-refractivity contribution < 1.29 is 23.8 Å². The lowest BCUT2D eigenvalue weighted by atomic mass is 9.77. The van der Waals surface area contributed by atoms with Crippen molar-refractivity contribution in [1.82, 2.24) is 14.4 Å². The van der Waals surface area contributed by atoms with Crippen molar-refractivity contribution in [3.63, 3.8) is 0 Å². The summed E-state index contributed by atoms with van der Waals surface area (Å²) in [5.41, 5.74) is 3.05. The maximum atomic E-state index is 13.5. The average molecular weight is 544 g/mol. The summed E-state index contributed by atoms with van der Waals surface area (Å²) in [6.07, 6.45) is 8.49. The van der Waals surface area contributed by atoms with Crippen molar-refractivity contribution >= 4 is 17.9 Å². The van der Waals surface area contributed by atoms with E-state index in [0.29, 0.717) is 48.0 Å². The predicted molar refractivity (Wildman–Crippen MR) is 154 cm³/mol. The third-order valence-electron chi connectivity index (χ3n) is 8.30. The minimum Gasteiger partial charge on any atom is -0.496 e. The standard InChI is InChI=1S/C32H37N3O5/c1-23(19-24-20-28(39-3)29(40-4)21-27(24)38-2)30(36)35-18-13-32(22-35)11-16-34(17-12-32)31(37)25-9-5-6-10-26(25)33-14-7-8-15-33/h5-10,14-15,19-21H,11-13,16-18,22H2,1-4H3. The topological polar surface area (TPSA) is 73.2 Å². The first-order valence-electron chi connectivity index (χ1n) is 13.7. The summed E-state index contributed by atoms with van der Waals surface area (Å²) < 4.78 is 18.3. The molecule has 2 fully saturated rings. The molecule has 2 aliphatic heterocycles. The molecule has 0 saturated carbocycles. The van der Waals surface area contributed by atoms with E-state index in [1.165, 1.54) is 0 Å². The highest BCUT2D eigenvalue weighted by molar-refractivity contribution is 5.98. The second kappa shape index (κ2) is 11.5. The quantitative estimate of drug-likeness (QED) is 0.390. The SMILES string of the molecule is COc1cc(OC)c(OC)cc1C=C(C)C(=O)N1CCC2(CCN(C(=O)c3ccccc3-n3cccc3)CC2)C1. The molecule has 0 unspecified atom stereocenters. The molecule has 8 nitrogen and oxygen atoms in total. The maximum absolute atomic E-state index is 13.5. The van der Waals surface area contributed by atoms with Crippen LogP contribution in [0.5, 0.6) is 17.2 Å². The zero-order valence-corrected chi connectivity index (χ0v) is 23.7. The minimum atomic E-state index is 0.0212. The van der Waals surface area contributed by atoms with Crippen molar-refractivity contribution in [2.24, 2.45) is 5.41 Å². The Kier molecular flexibility index (Phi) is 7.87. The zero-order chi connectivity index (χ0) is 28.3. The second-order valence-electron chi connectivity index (χ2n) is 10.7. The predicted octanol–water partition coefficient (Wildman–Crippen LogP) is 5.06. The molecule has 40 heavy (non-hydrogen) atoms. The molecular weight excluding hydrogens is 506 g/mol. The number of hydrogen-bond acceptors (Lipinski definition) is 5. The number of carbonyl (C=O) groups is 2. The van der Waals surface area contributed by atoms with Crippen molar-refractivity contribution in [2.75, 3.05) is 47.5 Å². The molecule has 0 aliphatic carbocycles. The smallest absolute Gasteiger partial charge is 0.255 e. The van der Waals surface area contributed by atoms with Crippen LogP contribution >= 0.6 is 0 Å². The van der Waals surface area contributed by atoms with Crippen LogP contribution in [0.2, 0.25) is 0 Å². The van der Waals surface area contributed by atoms with Crippen molar-refractivity contribution in [2.45, 2.75) is 26.2 Å². The minimum absolute atomic E-state index is 0.0212. The Morgan fingerprint density at radius 1 is 0.800 bits per heavy atom. The summed E-state index contributed by atoms with van der Waals surface area (Å²) in [5.74, 6) is 1.84. The number of nitrogens with zero attached hydrogens (tertiary/aromatic N) is 3. The van der Waals surface area contributed by atoms with Gasteiger partial charge in [0.2, 0.25) is 5.91 Å². The van der Waals surface area contributed by atoms with Crippen LogP contribution in [-0.4, -0.2) is 73.7 Å². The average Bonchev–Trinajstić information content (AvgIpc) is 3.67. The van der Waals surface area contributed by atoms with E-state index in [9.17, 15) is 9.59 Å². The van der Waals surface area contributed by atoms with Crippen LogP contribution < -0.4 is 14.2 Å². The normalized spacial score (nSPS) is 16.8. The van der Waals surface area contributed by atoms with E-state index >= 15 is 0 Å². The van der Waals surface area contributed by atoms with Crippen LogP contribution in [0.4, 0.5) is 0 Å². The summed E-state index contributed by atoms with van der Waals surface area (Å²) in [5, 5.41) is 0. The molecule has 5 rings (SSSR count). The molecule has 1 spiro atoms.